The predicted octanol–water partition coefficient (Wildman–Crippen LogP) is -0.166. The number of nitrogens with zero attached hydrogens (tertiary/aromatic N) is 2. The molecule has 0 aromatic rings. The number of carboxylic acid groups (broad SMARTS) is 1. The van der Waals surface area contributed by atoms with Crippen molar-refractivity contribution in [1.29, 1.82) is 0 Å². The first-order valence-corrected chi connectivity index (χ1v) is 2.18. The van der Waals surface area contributed by atoms with Gasteiger partial charge in [0.25, 0.3) is 0 Å². The van der Waals surface area contributed by atoms with Crippen molar-refractivity contribution >= 4 is 5.97 Å². The topological polar surface area (TPSA) is 90.2 Å². The van der Waals surface area contributed by atoms with Gasteiger partial charge in [-0.2, -0.15) is 0 Å². The smallest absolute Gasteiger partial charge is 0.305 e. The van der Waals surface area contributed by atoms with Crippen LogP contribution >= 0.6 is 0 Å². The third-order valence-electron chi connectivity index (χ3n) is 0.620. The zero-order chi connectivity index (χ0) is 7.28. The van der Waals surface area contributed by atoms with E-state index in [1.165, 1.54) is 0 Å². The van der Waals surface area contributed by atoms with E-state index in [2.05, 4.69) is 0 Å². The lowest BCUT2D eigenvalue weighted by Crippen LogP contribution is -2.15. The van der Waals surface area contributed by atoms with Crippen LogP contribution in [0.25, 0.3) is 0 Å². The molecule has 2 N–H and O–H groups in total. The summed E-state index contributed by atoms with van der Waals surface area (Å²) in [5, 5.41) is 18.2. The van der Waals surface area contributed by atoms with Crippen LogP contribution in [0, 0.1) is 4.91 Å². The van der Waals surface area contributed by atoms with E-state index in [1.54, 1.807) is 0 Å². The summed E-state index contributed by atoms with van der Waals surface area (Å²) in [5.74, 6) is -1.09. The molecule has 0 aliphatic heterocycles. The van der Waals surface area contributed by atoms with Crippen molar-refractivity contribution in [1.82, 2.24) is 5.17 Å². The van der Waals surface area contributed by atoms with E-state index in [1.807, 2.05) is 5.29 Å². The largest absolute Gasteiger partial charge is 0.481 e. The fraction of sp³-hybridized carbons (Fsp3) is 0.667. The van der Waals surface area contributed by atoms with Crippen LogP contribution in [-0.4, -0.2) is 28.0 Å². The number of nitroso groups, excluding NO2 is 1. The van der Waals surface area contributed by atoms with E-state index in [9.17, 15) is 9.70 Å². The molecule has 6 nitrogen and oxygen atoms in total. The van der Waals surface area contributed by atoms with Gasteiger partial charge in [-0.3, -0.25) is 10.0 Å². The van der Waals surface area contributed by atoms with Gasteiger partial charge in [0.2, 0.25) is 0 Å². The van der Waals surface area contributed by atoms with E-state index < -0.39 is 5.97 Å². The third kappa shape index (κ3) is 4.69. The normalized spacial score (nSPS) is 8.56. The molecule has 0 saturated heterocycles. The molecular formula is C3H6N2O4. The van der Waals surface area contributed by atoms with Crippen LogP contribution in [0.4, 0.5) is 0 Å². The van der Waals surface area contributed by atoms with Gasteiger partial charge in [-0.1, -0.05) is 0 Å². The predicted molar refractivity (Wildman–Crippen MR) is 26.5 cm³/mol. The Bertz CT molecular complexity index is 114. The van der Waals surface area contributed by atoms with E-state index in [0.29, 0.717) is 0 Å². The molecule has 0 unspecified atom stereocenters. The Labute approximate surface area is 50.6 Å². The quantitative estimate of drug-likeness (QED) is 0.411. The minimum absolute atomic E-state index is 0.0358. The van der Waals surface area contributed by atoms with Crippen molar-refractivity contribution in [2.45, 2.75) is 6.42 Å². The van der Waals surface area contributed by atoms with Gasteiger partial charge in [-0.15, -0.1) is 10.1 Å². The van der Waals surface area contributed by atoms with Crippen molar-refractivity contribution in [3.63, 3.8) is 0 Å². The monoisotopic (exact) mass is 134 g/mol. The Morgan fingerprint density at radius 1 is 1.67 bits per heavy atom. The van der Waals surface area contributed by atoms with Gasteiger partial charge < -0.3 is 5.11 Å². The van der Waals surface area contributed by atoms with Crippen molar-refractivity contribution in [2.24, 2.45) is 5.29 Å². The first-order chi connectivity index (χ1) is 4.16. The summed E-state index contributed by atoms with van der Waals surface area (Å²) in [6.07, 6.45) is -0.303. The number of hydroxylamine groups is 1. The Hall–Kier alpha value is -1.17. The van der Waals surface area contributed by atoms with Crippen LogP contribution in [0.3, 0.4) is 0 Å². The van der Waals surface area contributed by atoms with E-state index >= 15 is 0 Å². The summed E-state index contributed by atoms with van der Waals surface area (Å²) in [6.45, 7) is -0.279. The summed E-state index contributed by atoms with van der Waals surface area (Å²) in [6, 6.07) is 0. The third-order valence-corrected chi connectivity index (χ3v) is 0.620. The van der Waals surface area contributed by atoms with Gasteiger partial charge in [0.1, 0.15) is 0 Å². The Morgan fingerprint density at radius 3 is 2.56 bits per heavy atom. The van der Waals surface area contributed by atoms with Gasteiger partial charge >= 0.3 is 5.97 Å². The molecule has 0 amide bonds. The number of hydrogen-bond donors (Lipinski definition) is 2. The highest BCUT2D eigenvalue weighted by Gasteiger charge is 2.00. The summed E-state index contributed by atoms with van der Waals surface area (Å²) in [7, 11) is 0. The molecule has 9 heavy (non-hydrogen) atoms. The van der Waals surface area contributed by atoms with Gasteiger partial charge in [-0.25, -0.2) is 0 Å². The number of carbonyl (C=O) groups is 1. The van der Waals surface area contributed by atoms with Crippen molar-refractivity contribution in [2.75, 3.05) is 6.54 Å². The second-order valence-corrected chi connectivity index (χ2v) is 1.32. The molecule has 0 rings (SSSR count). The van der Waals surface area contributed by atoms with Gasteiger partial charge in [0, 0.05) is 0 Å². The van der Waals surface area contributed by atoms with Crippen LogP contribution in [-0.2, 0) is 4.79 Å². The zero-order valence-electron chi connectivity index (χ0n) is 4.52. The van der Waals surface area contributed by atoms with Crippen LogP contribution in [0.15, 0.2) is 5.29 Å². The highest BCUT2D eigenvalue weighted by molar-refractivity contribution is 5.66. The molecule has 0 aromatic carbocycles. The van der Waals surface area contributed by atoms with Crippen molar-refractivity contribution in [3.05, 3.63) is 4.91 Å². The molecule has 0 fully saturated rings. The highest BCUT2D eigenvalue weighted by atomic mass is 16.6. The molecule has 0 aromatic heterocycles. The van der Waals surface area contributed by atoms with Crippen LogP contribution < -0.4 is 0 Å². The summed E-state index contributed by atoms with van der Waals surface area (Å²) < 4.78 is 0. The summed E-state index contributed by atoms with van der Waals surface area (Å²) in [4.78, 5) is 19.1. The highest BCUT2D eigenvalue weighted by Crippen LogP contribution is 1.85. The average Bonchev–Trinajstić information content (AvgIpc) is 1.83. The molecular weight excluding hydrogens is 128 g/mol. The molecule has 0 aliphatic carbocycles. The van der Waals surface area contributed by atoms with Gasteiger partial charge in [0.05, 0.1) is 18.3 Å². The maximum atomic E-state index is 9.74. The Balaban J connectivity index is 3.26. The summed E-state index contributed by atoms with van der Waals surface area (Å²) >= 11 is 0. The molecule has 0 saturated carbocycles. The van der Waals surface area contributed by atoms with Crippen molar-refractivity contribution in [3.8, 4) is 0 Å². The maximum Gasteiger partial charge on any atom is 0.305 e. The van der Waals surface area contributed by atoms with E-state index in [-0.39, 0.29) is 18.1 Å². The number of hydrogen-bond acceptors (Lipinski definition) is 4. The molecule has 0 bridgehead atoms. The molecule has 6 heteroatoms. The molecule has 0 heterocycles. The first kappa shape index (κ1) is 7.83. The minimum Gasteiger partial charge on any atom is -0.481 e. The molecule has 0 aliphatic rings. The lowest BCUT2D eigenvalue weighted by molar-refractivity contribution is -0.142. The fourth-order valence-corrected chi connectivity index (χ4v) is 0.236. The fourth-order valence-electron chi connectivity index (χ4n) is 0.236. The van der Waals surface area contributed by atoms with E-state index in [4.69, 9.17) is 10.3 Å². The number of carboxylic acids is 1. The SMILES string of the molecule is O=NN(O)CCC(=O)O. The first-order valence-electron chi connectivity index (χ1n) is 2.18. The Morgan fingerprint density at radius 2 is 2.22 bits per heavy atom. The average molecular weight is 134 g/mol. The minimum atomic E-state index is -1.09. The second kappa shape index (κ2) is 3.79. The van der Waals surface area contributed by atoms with E-state index in [0.717, 1.165) is 0 Å². The van der Waals surface area contributed by atoms with Crippen LogP contribution in [0.2, 0.25) is 0 Å². The van der Waals surface area contributed by atoms with Gasteiger partial charge in [0.15, 0.2) is 0 Å². The van der Waals surface area contributed by atoms with Crippen LogP contribution in [0.1, 0.15) is 6.42 Å². The summed E-state index contributed by atoms with van der Waals surface area (Å²) in [5.41, 5.74) is 0. The van der Waals surface area contributed by atoms with Crippen LogP contribution in [0.5, 0.6) is 0 Å². The van der Waals surface area contributed by atoms with Gasteiger partial charge in [-0.05, 0) is 0 Å². The zero-order valence-corrected chi connectivity index (χ0v) is 4.52. The molecule has 0 atom stereocenters. The molecule has 0 spiro atoms. The molecule has 0 radical (unpaired) electrons. The maximum absolute atomic E-state index is 9.74. The lowest BCUT2D eigenvalue weighted by Gasteiger charge is -2.01. The number of aliphatic carboxylic acids is 1. The Kier molecular flexibility index (Phi) is 3.29. The molecule has 52 valence electrons. The van der Waals surface area contributed by atoms with Crippen molar-refractivity contribution < 1.29 is 15.1 Å². The second-order valence-electron chi connectivity index (χ2n) is 1.32. The number of rotatable bonds is 4. The standard InChI is InChI=1S/C3H6N2O4/c6-3(7)1-2-5(9)4-8/h9H,1-2H2,(H,6,7). The lowest BCUT2D eigenvalue weighted by atomic mass is 10.4.